The van der Waals surface area contributed by atoms with Gasteiger partial charge in [-0.05, 0) is 12.8 Å². The van der Waals surface area contributed by atoms with Gasteiger partial charge in [0.15, 0.2) is 5.82 Å². The lowest BCUT2D eigenvalue weighted by Crippen LogP contribution is -2.30. The molecule has 1 fully saturated rings. The van der Waals surface area contributed by atoms with E-state index in [2.05, 4.69) is 10.3 Å². The van der Waals surface area contributed by atoms with Gasteiger partial charge in [-0.1, -0.05) is 0 Å². The third kappa shape index (κ3) is 1.62. The third-order valence-electron chi connectivity index (χ3n) is 2.51. The van der Waals surface area contributed by atoms with Gasteiger partial charge < -0.3 is 9.88 Å². The summed E-state index contributed by atoms with van der Waals surface area (Å²) in [7, 11) is 1.70. The van der Waals surface area contributed by atoms with E-state index in [0.29, 0.717) is 11.7 Å². The molecule has 1 aromatic rings. The lowest BCUT2D eigenvalue weighted by molar-refractivity contribution is 0.793. The normalized spacial score (nSPS) is 17.9. The van der Waals surface area contributed by atoms with Crippen LogP contribution in [0, 0.1) is 0 Å². The van der Waals surface area contributed by atoms with Crippen molar-refractivity contribution in [2.75, 3.05) is 11.2 Å². The predicted molar refractivity (Wildman–Crippen MR) is 55.8 cm³/mol. The van der Waals surface area contributed by atoms with Gasteiger partial charge in [-0.2, -0.15) is 0 Å². The number of alkyl halides is 1. The fourth-order valence-electron chi connectivity index (χ4n) is 1.28. The predicted octanol–water partition coefficient (Wildman–Crippen LogP) is 0.964. The Hall–Kier alpha value is -1.03. The average Bonchev–Trinajstić information content (AvgIpc) is 2.94. The van der Waals surface area contributed by atoms with Crippen molar-refractivity contribution in [3.63, 3.8) is 0 Å². The van der Waals surface area contributed by atoms with Crippen LogP contribution in [0.25, 0.3) is 0 Å². The fourth-order valence-corrected chi connectivity index (χ4v) is 1.61. The minimum absolute atomic E-state index is 0.0813. The van der Waals surface area contributed by atoms with Crippen LogP contribution in [-0.2, 0) is 7.05 Å². The maximum atomic E-state index is 11.6. The number of halogens is 1. The number of hydrogen-bond acceptors (Lipinski definition) is 3. The Labute approximate surface area is 86.9 Å². The van der Waals surface area contributed by atoms with Crippen molar-refractivity contribution in [1.29, 1.82) is 0 Å². The van der Waals surface area contributed by atoms with Crippen LogP contribution in [0.3, 0.4) is 0 Å². The van der Waals surface area contributed by atoms with E-state index in [1.165, 1.54) is 4.57 Å². The van der Waals surface area contributed by atoms with Crippen molar-refractivity contribution in [3.8, 4) is 0 Å². The summed E-state index contributed by atoms with van der Waals surface area (Å²) in [5, 5.41) is 3.11. The van der Waals surface area contributed by atoms with Crippen molar-refractivity contribution in [2.24, 2.45) is 7.05 Å². The zero-order valence-corrected chi connectivity index (χ0v) is 8.71. The highest BCUT2D eigenvalue weighted by molar-refractivity contribution is 6.19. The number of nitrogens with zero attached hydrogens (tertiary/aromatic N) is 2. The molecule has 1 saturated carbocycles. The first-order valence-electron chi connectivity index (χ1n) is 4.53. The third-order valence-corrected chi connectivity index (χ3v) is 3.02. The Bertz CT molecular complexity index is 397. The lowest BCUT2D eigenvalue weighted by Gasteiger charge is -2.13. The van der Waals surface area contributed by atoms with Crippen LogP contribution in [0.5, 0.6) is 0 Å². The Kier molecular flexibility index (Phi) is 2.23. The molecular formula is C9H12ClN3O. The molecule has 0 saturated heterocycles. The number of rotatable bonds is 3. The summed E-state index contributed by atoms with van der Waals surface area (Å²) in [6, 6.07) is 0. The highest BCUT2D eigenvalue weighted by Gasteiger charge is 2.42. The Morgan fingerprint density at radius 2 is 2.43 bits per heavy atom. The molecule has 14 heavy (non-hydrogen) atoms. The molecule has 4 nitrogen and oxygen atoms in total. The van der Waals surface area contributed by atoms with Crippen LogP contribution in [0.15, 0.2) is 17.2 Å². The molecule has 1 aliphatic rings. The van der Waals surface area contributed by atoms with Crippen molar-refractivity contribution in [2.45, 2.75) is 18.4 Å². The molecule has 0 bridgehead atoms. The topological polar surface area (TPSA) is 46.9 Å². The summed E-state index contributed by atoms with van der Waals surface area (Å²) >= 11 is 5.80. The van der Waals surface area contributed by atoms with E-state index in [1.54, 1.807) is 19.4 Å². The first kappa shape index (κ1) is 9.52. The quantitative estimate of drug-likeness (QED) is 0.761. The molecule has 2 rings (SSSR count). The van der Waals surface area contributed by atoms with Gasteiger partial charge in [-0.25, -0.2) is 4.98 Å². The van der Waals surface area contributed by atoms with Gasteiger partial charge in [0.05, 0.1) is 5.54 Å². The van der Waals surface area contributed by atoms with Crippen molar-refractivity contribution < 1.29 is 0 Å². The van der Waals surface area contributed by atoms with Gasteiger partial charge in [-0.3, -0.25) is 4.79 Å². The Morgan fingerprint density at radius 1 is 1.71 bits per heavy atom. The first-order valence-corrected chi connectivity index (χ1v) is 5.06. The van der Waals surface area contributed by atoms with E-state index >= 15 is 0 Å². The molecule has 0 aliphatic heterocycles. The molecule has 0 aromatic carbocycles. The summed E-state index contributed by atoms with van der Waals surface area (Å²) in [5.41, 5.74) is -0.189. The molecule has 0 amide bonds. The van der Waals surface area contributed by atoms with E-state index in [1.807, 2.05) is 0 Å². The zero-order chi connectivity index (χ0) is 10.2. The maximum Gasteiger partial charge on any atom is 0.293 e. The Balaban J connectivity index is 2.25. The van der Waals surface area contributed by atoms with Gasteiger partial charge in [0, 0.05) is 25.3 Å². The highest BCUT2D eigenvalue weighted by atomic mass is 35.5. The standard InChI is InChI=1S/C9H12ClN3O/c1-13-5-4-11-7(8(13)14)12-9(6-10)2-3-9/h4-5H,2-3,6H2,1H3,(H,11,12). The smallest absolute Gasteiger partial charge is 0.293 e. The first-order chi connectivity index (χ1) is 6.67. The molecule has 0 atom stereocenters. The van der Waals surface area contributed by atoms with Crippen molar-refractivity contribution in [3.05, 3.63) is 22.7 Å². The highest BCUT2D eigenvalue weighted by Crippen LogP contribution is 2.38. The molecular weight excluding hydrogens is 202 g/mol. The summed E-state index contributed by atoms with van der Waals surface area (Å²) in [5.74, 6) is 0.917. The van der Waals surface area contributed by atoms with Gasteiger partial charge in [-0.15, -0.1) is 11.6 Å². The molecule has 0 radical (unpaired) electrons. The van der Waals surface area contributed by atoms with E-state index in [0.717, 1.165) is 12.8 Å². The average molecular weight is 214 g/mol. The number of aromatic nitrogens is 2. The number of hydrogen-bond donors (Lipinski definition) is 1. The molecule has 1 heterocycles. The van der Waals surface area contributed by atoms with Crippen molar-refractivity contribution in [1.82, 2.24) is 9.55 Å². The van der Waals surface area contributed by atoms with Crippen molar-refractivity contribution >= 4 is 17.4 Å². The molecule has 0 spiro atoms. The minimum Gasteiger partial charge on any atom is -0.359 e. The van der Waals surface area contributed by atoms with E-state index in [9.17, 15) is 4.79 Å². The summed E-state index contributed by atoms with van der Waals surface area (Å²) < 4.78 is 1.50. The lowest BCUT2D eigenvalue weighted by atomic mass is 10.3. The summed E-state index contributed by atoms with van der Waals surface area (Å²) in [6.07, 6.45) is 5.26. The SMILES string of the molecule is Cn1ccnc(NC2(CCl)CC2)c1=O. The van der Waals surface area contributed by atoms with Crippen LogP contribution in [0.1, 0.15) is 12.8 Å². The molecule has 76 valence electrons. The van der Waals surface area contributed by atoms with Gasteiger partial charge in [0.2, 0.25) is 0 Å². The van der Waals surface area contributed by atoms with Crippen LogP contribution < -0.4 is 10.9 Å². The molecule has 1 N–H and O–H groups in total. The van der Waals surface area contributed by atoms with Crippen LogP contribution in [0.2, 0.25) is 0 Å². The van der Waals surface area contributed by atoms with Crippen LogP contribution in [0.4, 0.5) is 5.82 Å². The van der Waals surface area contributed by atoms with E-state index in [4.69, 9.17) is 11.6 Å². The second-order valence-electron chi connectivity index (χ2n) is 3.73. The largest absolute Gasteiger partial charge is 0.359 e. The number of aryl methyl sites for hydroxylation is 1. The molecule has 1 aromatic heterocycles. The Morgan fingerprint density at radius 3 is 3.00 bits per heavy atom. The van der Waals surface area contributed by atoms with Crippen LogP contribution in [-0.4, -0.2) is 21.0 Å². The van der Waals surface area contributed by atoms with Gasteiger partial charge >= 0.3 is 0 Å². The second kappa shape index (κ2) is 3.28. The number of anilines is 1. The summed E-state index contributed by atoms with van der Waals surface area (Å²) in [4.78, 5) is 15.6. The van der Waals surface area contributed by atoms with Gasteiger partial charge in [0.1, 0.15) is 0 Å². The van der Waals surface area contributed by atoms with Gasteiger partial charge in [0.25, 0.3) is 5.56 Å². The minimum atomic E-state index is -0.108. The summed E-state index contributed by atoms with van der Waals surface area (Å²) in [6.45, 7) is 0. The second-order valence-corrected chi connectivity index (χ2v) is 4.00. The zero-order valence-electron chi connectivity index (χ0n) is 7.96. The number of nitrogens with one attached hydrogen (secondary N) is 1. The fraction of sp³-hybridized carbons (Fsp3) is 0.556. The molecule has 1 aliphatic carbocycles. The van der Waals surface area contributed by atoms with E-state index < -0.39 is 0 Å². The van der Waals surface area contributed by atoms with E-state index in [-0.39, 0.29) is 11.1 Å². The maximum absolute atomic E-state index is 11.6. The van der Waals surface area contributed by atoms with Crippen LogP contribution >= 0.6 is 11.6 Å². The molecule has 0 unspecified atom stereocenters. The monoisotopic (exact) mass is 213 g/mol. The molecule has 5 heteroatoms.